The van der Waals surface area contributed by atoms with Gasteiger partial charge in [0.05, 0.1) is 6.04 Å². The molecule has 0 aliphatic heterocycles. The SMILES string of the molecule is Cc1cc(C(C)NC(=O)CCNC(=O)OCC(F)(F)F)c(C)o1. The van der Waals surface area contributed by atoms with E-state index in [9.17, 15) is 22.8 Å². The zero-order chi connectivity index (χ0) is 17.6. The van der Waals surface area contributed by atoms with Crippen LogP contribution in [0.5, 0.6) is 0 Å². The first-order valence-electron chi connectivity index (χ1n) is 6.92. The van der Waals surface area contributed by atoms with Crippen molar-refractivity contribution >= 4 is 12.0 Å². The fraction of sp³-hybridized carbons (Fsp3) is 0.571. The number of nitrogens with one attached hydrogen (secondary N) is 2. The van der Waals surface area contributed by atoms with Crippen LogP contribution in [-0.4, -0.2) is 31.3 Å². The van der Waals surface area contributed by atoms with Gasteiger partial charge in [-0.05, 0) is 26.8 Å². The molecule has 130 valence electrons. The Hall–Kier alpha value is -2.19. The number of carbonyl (C=O) groups excluding carboxylic acids is 2. The maximum absolute atomic E-state index is 11.8. The topological polar surface area (TPSA) is 80.6 Å². The molecular weight excluding hydrogens is 317 g/mol. The number of alkyl halides is 3. The van der Waals surface area contributed by atoms with Crippen molar-refractivity contribution in [2.24, 2.45) is 0 Å². The van der Waals surface area contributed by atoms with E-state index in [1.165, 1.54) is 0 Å². The van der Waals surface area contributed by atoms with Crippen LogP contribution in [0.4, 0.5) is 18.0 Å². The van der Waals surface area contributed by atoms with Crippen molar-refractivity contribution < 1.29 is 31.9 Å². The lowest BCUT2D eigenvalue weighted by Crippen LogP contribution is -2.33. The molecule has 1 aromatic rings. The fourth-order valence-electron chi connectivity index (χ4n) is 1.95. The van der Waals surface area contributed by atoms with Crippen molar-refractivity contribution in [2.75, 3.05) is 13.2 Å². The molecule has 1 rings (SSSR count). The molecule has 0 aliphatic carbocycles. The highest BCUT2D eigenvalue weighted by atomic mass is 19.4. The molecule has 1 heterocycles. The van der Waals surface area contributed by atoms with Gasteiger partial charge in [0.25, 0.3) is 0 Å². The normalized spacial score (nSPS) is 12.6. The minimum absolute atomic E-state index is 0.0820. The molecule has 0 spiro atoms. The molecule has 0 aliphatic rings. The highest BCUT2D eigenvalue weighted by Crippen LogP contribution is 2.21. The maximum atomic E-state index is 11.8. The second-order valence-corrected chi connectivity index (χ2v) is 5.03. The molecule has 2 N–H and O–H groups in total. The number of rotatable bonds is 6. The van der Waals surface area contributed by atoms with E-state index in [2.05, 4.69) is 15.4 Å². The van der Waals surface area contributed by atoms with Gasteiger partial charge in [-0.1, -0.05) is 0 Å². The third-order valence-electron chi connectivity index (χ3n) is 2.91. The minimum atomic E-state index is -4.58. The number of ether oxygens (including phenoxy) is 1. The monoisotopic (exact) mass is 336 g/mol. The van der Waals surface area contributed by atoms with Gasteiger partial charge in [0.2, 0.25) is 5.91 Å². The number of halogens is 3. The van der Waals surface area contributed by atoms with Gasteiger partial charge in [-0.3, -0.25) is 4.79 Å². The lowest BCUT2D eigenvalue weighted by molar-refractivity contribution is -0.160. The van der Waals surface area contributed by atoms with Gasteiger partial charge in [0, 0.05) is 18.5 Å². The van der Waals surface area contributed by atoms with Crippen molar-refractivity contribution in [1.82, 2.24) is 10.6 Å². The Kier molecular flexibility index (Phi) is 6.47. The molecular formula is C14H19F3N2O4. The molecule has 23 heavy (non-hydrogen) atoms. The maximum Gasteiger partial charge on any atom is 0.422 e. The number of carbonyl (C=O) groups is 2. The Morgan fingerprint density at radius 1 is 1.35 bits per heavy atom. The summed E-state index contributed by atoms with van der Waals surface area (Å²) in [5.74, 6) is 1.07. The summed E-state index contributed by atoms with van der Waals surface area (Å²) in [7, 11) is 0. The molecule has 6 nitrogen and oxygen atoms in total. The highest BCUT2D eigenvalue weighted by molar-refractivity contribution is 5.77. The second kappa shape index (κ2) is 7.89. The Morgan fingerprint density at radius 3 is 2.52 bits per heavy atom. The zero-order valence-corrected chi connectivity index (χ0v) is 13.0. The summed E-state index contributed by atoms with van der Waals surface area (Å²) < 4.78 is 44.8. The van der Waals surface area contributed by atoms with Gasteiger partial charge in [0.1, 0.15) is 11.5 Å². The Labute approximate surface area is 131 Å². The summed E-state index contributed by atoms with van der Waals surface area (Å²) in [6, 6.07) is 1.53. The summed E-state index contributed by atoms with van der Waals surface area (Å²) in [4.78, 5) is 22.7. The molecule has 2 amide bonds. The Balaban J connectivity index is 2.29. The van der Waals surface area contributed by atoms with E-state index in [4.69, 9.17) is 4.42 Å². The van der Waals surface area contributed by atoms with Gasteiger partial charge in [-0.25, -0.2) is 4.79 Å². The first kappa shape index (κ1) is 18.9. The average Bonchev–Trinajstić information content (AvgIpc) is 2.74. The Morgan fingerprint density at radius 2 is 2.00 bits per heavy atom. The first-order valence-corrected chi connectivity index (χ1v) is 6.92. The van der Waals surface area contributed by atoms with Crippen molar-refractivity contribution in [2.45, 2.75) is 39.4 Å². The lowest BCUT2D eigenvalue weighted by atomic mass is 10.1. The predicted molar refractivity (Wildman–Crippen MR) is 74.8 cm³/mol. The molecule has 0 bridgehead atoms. The smallest absolute Gasteiger partial charge is 0.422 e. The van der Waals surface area contributed by atoms with Crippen molar-refractivity contribution in [3.8, 4) is 0 Å². The minimum Gasteiger partial charge on any atom is -0.466 e. The van der Waals surface area contributed by atoms with Gasteiger partial charge in [-0.15, -0.1) is 0 Å². The number of aryl methyl sites for hydroxylation is 2. The van der Waals surface area contributed by atoms with E-state index in [-0.39, 0.29) is 24.9 Å². The summed E-state index contributed by atoms with van der Waals surface area (Å²) in [5, 5.41) is 4.78. The third kappa shape index (κ3) is 7.07. The van der Waals surface area contributed by atoms with Crippen LogP contribution < -0.4 is 10.6 Å². The summed E-state index contributed by atoms with van der Waals surface area (Å²) in [6.45, 7) is 3.56. The molecule has 1 aromatic heterocycles. The largest absolute Gasteiger partial charge is 0.466 e. The van der Waals surface area contributed by atoms with Crippen LogP contribution in [0.25, 0.3) is 0 Å². The van der Waals surface area contributed by atoms with Crippen LogP contribution in [0.3, 0.4) is 0 Å². The van der Waals surface area contributed by atoms with E-state index in [1.807, 2.05) is 6.07 Å². The average molecular weight is 336 g/mol. The van der Waals surface area contributed by atoms with E-state index in [0.29, 0.717) is 5.76 Å². The van der Waals surface area contributed by atoms with Crippen LogP contribution in [0.1, 0.15) is 36.5 Å². The van der Waals surface area contributed by atoms with Crippen LogP contribution in [0.2, 0.25) is 0 Å². The van der Waals surface area contributed by atoms with E-state index < -0.39 is 18.9 Å². The van der Waals surface area contributed by atoms with Crippen LogP contribution in [0.15, 0.2) is 10.5 Å². The molecule has 1 atom stereocenters. The van der Waals surface area contributed by atoms with Crippen LogP contribution >= 0.6 is 0 Å². The van der Waals surface area contributed by atoms with Gasteiger partial charge < -0.3 is 19.8 Å². The summed E-state index contributed by atoms with van der Waals surface area (Å²) >= 11 is 0. The number of furan rings is 1. The quantitative estimate of drug-likeness (QED) is 0.837. The van der Waals surface area contributed by atoms with Gasteiger partial charge in [-0.2, -0.15) is 13.2 Å². The summed E-state index contributed by atoms with van der Waals surface area (Å²) in [5.41, 5.74) is 0.841. The number of amides is 2. The molecule has 0 radical (unpaired) electrons. The van der Waals surface area contributed by atoms with E-state index in [1.54, 1.807) is 20.8 Å². The molecule has 1 unspecified atom stereocenters. The zero-order valence-electron chi connectivity index (χ0n) is 13.0. The fourth-order valence-corrected chi connectivity index (χ4v) is 1.95. The van der Waals surface area contributed by atoms with Crippen LogP contribution in [-0.2, 0) is 9.53 Å². The van der Waals surface area contributed by atoms with Crippen molar-refractivity contribution in [3.63, 3.8) is 0 Å². The molecule has 0 saturated heterocycles. The van der Waals surface area contributed by atoms with E-state index in [0.717, 1.165) is 11.3 Å². The van der Waals surface area contributed by atoms with Gasteiger partial charge in [0.15, 0.2) is 6.61 Å². The molecule has 9 heteroatoms. The second-order valence-electron chi connectivity index (χ2n) is 5.03. The van der Waals surface area contributed by atoms with Gasteiger partial charge >= 0.3 is 12.3 Å². The highest BCUT2D eigenvalue weighted by Gasteiger charge is 2.29. The predicted octanol–water partition coefficient (Wildman–Crippen LogP) is 2.75. The molecule has 0 saturated carbocycles. The lowest BCUT2D eigenvalue weighted by Gasteiger charge is -2.13. The Bertz CT molecular complexity index is 555. The molecule has 0 aromatic carbocycles. The van der Waals surface area contributed by atoms with Crippen molar-refractivity contribution in [1.29, 1.82) is 0 Å². The summed E-state index contributed by atoms with van der Waals surface area (Å²) in [6.07, 6.45) is -5.88. The standard InChI is InChI=1S/C14H19F3N2O4/c1-8-6-11(10(3)23-8)9(2)19-12(20)4-5-18-13(21)22-7-14(15,16)17/h6,9H,4-5,7H2,1-3H3,(H,18,21)(H,19,20). The first-order chi connectivity index (χ1) is 10.6. The third-order valence-corrected chi connectivity index (χ3v) is 2.91. The number of hydrogen-bond donors (Lipinski definition) is 2. The molecule has 0 fully saturated rings. The van der Waals surface area contributed by atoms with E-state index >= 15 is 0 Å². The van der Waals surface area contributed by atoms with Crippen molar-refractivity contribution in [3.05, 3.63) is 23.2 Å². The number of hydrogen-bond acceptors (Lipinski definition) is 4. The van der Waals surface area contributed by atoms with Crippen LogP contribution in [0, 0.1) is 13.8 Å². The number of alkyl carbamates (subject to hydrolysis) is 1.